The van der Waals surface area contributed by atoms with E-state index in [-0.39, 0.29) is 6.17 Å². The minimum atomic E-state index is 0.0543. The smallest absolute Gasteiger partial charge is 0.124 e. The SMILES string of the molecule is S=C1N[C@@H](c2ccccc2)Nc2ccccc21. The predicted molar refractivity (Wildman–Crippen MR) is 74.1 cm³/mol. The summed E-state index contributed by atoms with van der Waals surface area (Å²) in [5, 5.41) is 6.75. The highest BCUT2D eigenvalue weighted by Crippen LogP contribution is 2.26. The van der Waals surface area contributed by atoms with Crippen molar-refractivity contribution >= 4 is 22.9 Å². The third kappa shape index (κ3) is 1.89. The Bertz CT molecular complexity index is 551. The van der Waals surface area contributed by atoms with Crippen LogP contribution in [0.5, 0.6) is 0 Å². The Morgan fingerprint density at radius 3 is 2.35 bits per heavy atom. The van der Waals surface area contributed by atoms with Gasteiger partial charge in [0, 0.05) is 11.3 Å². The summed E-state index contributed by atoms with van der Waals surface area (Å²) in [6, 6.07) is 18.3. The zero-order valence-corrected chi connectivity index (χ0v) is 10.00. The second-order valence-electron chi connectivity index (χ2n) is 4.01. The largest absolute Gasteiger partial charge is 0.361 e. The van der Waals surface area contributed by atoms with Gasteiger partial charge in [0.05, 0.1) is 0 Å². The number of benzene rings is 2. The van der Waals surface area contributed by atoms with Crippen LogP contribution >= 0.6 is 12.2 Å². The number of rotatable bonds is 1. The maximum Gasteiger partial charge on any atom is 0.124 e. The van der Waals surface area contributed by atoms with E-state index >= 15 is 0 Å². The monoisotopic (exact) mass is 240 g/mol. The molecule has 3 rings (SSSR count). The fourth-order valence-corrected chi connectivity index (χ4v) is 2.32. The maximum absolute atomic E-state index is 5.39. The van der Waals surface area contributed by atoms with Gasteiger partial charge in [0.15, 0.2) is 0 Å². The van der Waals surface area contributed by atoms with Crippen LogP contribution in [0.3, 0.4) is 0 Å². The van der Waals surface area contributed by atoms with Crippen molar-refractivity contribution in [2.75, 3.05) is 5.32 Å². The number of hydrogen-bond donors (Lipinski definition) is 2. The molecular weight excluding hydrogens is 228 g/mol. The van der Waals surface area contributed by atoms with Crippen LogP contribution in [0.2, 0.25) is 0 Å². The lowest BCUT2D eigenvalue weighted by Crippen LogP contribution is -2.37. The molecule has 0 radical (unpaired) electrons. The summed E-state index contributed by atoms with van der Waals surface area (Å²) in [6.07, 6.45) is 0.0543. The number of fused-ring (bicyclic) bond motifs is 1. The molecule has 1 aliphatic heterocycles. The Kier molecular flexibility index (Phi) is 2.53. The lowest BCUT2D eigenvalue weighted by molar-refractivity contribution is 0.729. The van der Waals surface area contributed by atoms with E-state index in [0.717, 1.165) is 16.2 Å². The zero-order chi connectivity index (χ0) is 11.7. The fraction of sp³-hybridized carbons (Fsp3) is 0.0714. The van der Waals surface area contributed by atoms with Gasteiger partial charge in [-0.1, -0.05) is 54.7 Å². The van der Waals surface area contributed by atoms with E-state index in [0.29, 0.717) is 0 Å². The molecule has 0 unspecified atom stereocenters. The van der Waals surface area contributed by atoms with Gasteiger partial charge in [0.1, 0.15) is 11.2 Å². The Hall–Kier alpha value is -1.87. The molecule has 0 saturated carbocycles. The van der Waals surface area contributed by atoms with Crippen LogP contribution in [-0.2, 0) is 0 Å². The molecule has 0 aliphatic carbocycles. The zero-order valence-electron chi connectivity index (χ0n) is 9.18. The standard InChI is InChI=1S/C14H12N2S/c17-14-11-8-4-5-9-12(11)15-13(16-14)10-6-2-1-3-7-10/h1-9,13,15H,(H,16,17)/t13-/m0/s1. The van der Waals surface area contributed by atoms with Crippen molar-refractivity contribution in [2.45, 2.75) is 6.17 Å². The first-order valence-corrected chi connectivity index (χ1v) is 5.97. The highest BCUT2D eigenvalue weighted by atomic mass is 32.1. The van der Waals surface area contributed by atoms with Gasteiger partial charge < -0.3 is 10.6 Å². The third-order valence-electron chi connectivity index (χ3n) is 2.88. The summed E-state index contributed by atoms with van der Waals surface area (Å²) in [5.41, 5.74) is 3.34. The highest BCUT2D eigenvalue weighted by molar-refractivity contribution is 7.80. The average molecular weight is 240 g/mol. The second kappa shape index (κ2) is 4.18. The summed E-state index contributed by atoms with van der Waals surface area (Å²) in [6.45, 7) is 0. The normalized spacial score (nSPS) is 17.9. The number of nitrogens with one attached hydrogen (secondary N) is 2. The topological polar surface area (TPSA) is 24.1 Å². The summed E-state index contributed by atoms with van der Waals surface area (Å²) >= 11 is 5.39. The molecular formula is C14H12N2S. The minimum Gasteiger partial charge on any atom is -0.361 e. The van der Waals surface area contributed by atoms with Gasteiger partial charge in [-0.05, 0) is 17.7 Å². The maximum atomic E-state index is 5.39. The quantitative estimate of drug-likeness (QED) is 0.749. The molecule has 1 aliphatic rings. The molecule has 0 spiro atoms. The van der Waals surface area contributed by atoms with Gasteiger partial charge in [-0.25, -0.2) is 0 Å². The van der Waals surface area contributed by atoms with Crippen molar-refractivity contribution in [1.82, 2.24) is 5.32 Å². The van der Waals surface area contributed by atoms with Gasteiger partial charge in [0.25, 0.3) is 0 Å². The van der Waals surface area contributed by atoms with Crippen molar-refractivity contribution in [3.05, 3.63) is 65.7 Å². The third-order valence-corrected chi connectivity index (χ3v) is 3.22. The summed E-state index contributed by atoms with van der Waals surface area (Å²) in [7, 11) is 0. The Morgan fingerprint density at radius 1 is 0.824 bits per heavy atom. The van der Waals surface area contributed by atoms with Gasteiger partial charge >= 0.3 is 0 Å². The molecule has 0 amide bonds. The van der Waals surface area contributed by atoms with E-state index < -0.39 is 0 Å². The van der Waals surface area contributed by atoms with Crippen LogP contribution in [-0.4, -0.2) is 4.99 Å². The predicted octanol–water partition coefficient (Wildman–Crippen LogP) is 3.08. The Labute approximate surface area is 106 Å². The fourth-order valence-electron chi connectivity index (χ4n) is 2.02. The van der Waals surface area contributed by atoms with Crippen LogP contribution in [0.25, 0.3) is 0 Å². The van der Waals surface area contributed by atoms with E-state index in [4.69, 9.17) is 12.2 Å². The van der Waals surface area contributed by atoms with Crippen LogP contribution in [0, 0.1) is 0 Å². The minimum absolute atomic E-state index is 0.0543. The van der Waals surface area contributed by atoms with E-state index in [2.05, 4.69) is 28.8 Å². The Balaban J connectivity index is 1.97. The first-order chi connectivity index (χ1) is 8.34. The molecule has 1 heterocycles. The van der Waals surface area contributed by atoms with Gasteiger partial charge in [0.2, 0.25) is 0 Å². The van der Waals surface area contributed by atoms with E-state index in [1.165, 1.54) is 5.56 Å². The van der Waals surface area contributed by atoms with Crippen molar-refractivity contribution in [3.8, 4) is 0 Å². The number of para-hydroxylation sites is 1. The van der Waals surface area contributed by atoms with Crippen molar-refractivity contribution in [2.24, 2.45) is 0 Å². The van der Waals surface area contributed by atoms with Crippen LogP contribution < -0.4 is 10.6 Å². The number of hydrogen-bond acceptors (Lipinski definition) is 2. The van der Waals surface area contributed by atoms with Crippen molar-refractivity contribution in [1.29, 1.82) is 0 Å². The molecule has 2 nitrogen and oxygen atoms in total. The highest BCUT2D eigenvalue weighted by Gasteiger charge is 2.20. The molecule has 1 atom stereocenters. The molecule has 3 heteroatoms. The molecule has 0 fully saturated rings. The summed E-state index contributed by atoms with van der Waals surface area (Å²) < 4.78 is 0. The summed E-state index contributed by atoms with van der Waals surface area (Å²) in [4.78, 5) is 0.799. The molecule has 0 aromatic heterocycles. The second-order valence-corrected chi connectivity index (χ2v) is 4.42. The van der Waals surface area contributed by atoms with Crippen LogP contribution in [0.4, 0.5) is 5.69 Å². The number of thiocarbonyl (C=S) groups is 1. The molecule has 2 aromatic rings. The van der Waals surface area contributed by atoms with E-state index in [9.17, 15) is 0 Å². The van der Waals surface area contributed by atoms with Crippen LogP contribution in [0.15, 0.2) is 54.6 Å². The first-order valence-electron chi connectivity index (χ1n) is 5.56. The number of anilines is 1. The first kappa shape index (κ1) is 10.3. The molecule has 84 valence electrons. The van der Waals surface area contributed by atoms with E-state index in [1.807, 2.05) is 36.4 Å². The lowest BCUT2D eigenvalue weighted by atomic mass is 10.1. The van der Waals surface area contributed by atoms with Crippen molar-refractivity contribution in [3.63, 3.8) is 0 Å². The van der Waals surface area contributed by atoms with Gasteiger partial charge in [-0.15, -0.1) is 0 Å². The molecule has 17 heavy (non-hydrogen) atoms. The summed E-state index contributed by atoms with van der Waals surface area (Å²) in [5.74, 6) is 0. The van der Waals surface area contributed by atoms with Crippen LogP contribution in [0.1, 0.15) is 17.3 Å². The average Bonchev–Trinajstić information content (AvgIpc) is 2.40. The van der Waals surface area contributed by atoms with Gasteiger partial charge in [-0.2, -0.15) is 0 Å². The molecule has 2 aromatic carbocycles. The lowest BCUT2D eigenvalue weighted by Gasteiger charge is -2.29. The van der Waals surface area contributed by atoms with E-state index in [1.54, 1.807) is 0 Å². The Morgan fingerprint density at radius 2 is 1.53 bits per heavy atom. The molecule has 0 saturated heterocycles. The molecule has 0 bridgehead atoms. The van der Waals surface area contributed by atoms with Gasteiger partial charge in [-0.3, -0.25) is 0 Å². The van der Waals surface area contributed by atoms with Crippen molar-refractivity contribution < 1.29 is 0 Å². The molecule has 2 N–H and O–H groups in total.